The van der Waals surface area contributed by atoms with Crippen molar-refractivity contribution >= 4 is 0 Å². The van der Waals surface area contributed by atoms with E-state index in [9.17, 15) is 0 Å². The minimum Gasteiger partial charge on any atom is -0.381 e. The molecule has 0 aromatic rings. The van der Waals surface area contributed by atoms with Crippen LogP contribution in [0.15, 0.2) is 0 Å². The lowest BCUT2D eigenvalue weighted by Gasteiger charge is -2.31. The van der Waals surface area contributed by atoms with Crippen molar-refractivity contribution in [3.63, 3.8) is 0 Å². The van der Waals surface area contributed by atoms with Crippen LogP contribution in [0.25, 0.3) is 0 Å². The lowest BCUT2D eigenvalue weighted by atomic mass is 9.92. The van der Waals surface area contributed by atoms with Gasteiger partial charge in [-0.2, -0.15) is 0 Å². The smallest absolute Gasteiger partial charge is 0.0572 e. The minimum atomic E-state index is 0.507. The van der Waals surface area contributed by atoms with Crippen molar-refractivity contribution in [2.75, 3.05) is 27.7 Å². The highest BCUT2D eigenvalue weighted by Gasteiger charge is 2.21. The average molecular weight is 214 g/mol. The van der Waals surface area contributed by atoms with Crippen molar-refractivity contribution in [2.24, 2.45) is 0 Å². The molecular weight excluding hydrogens is 188 g/mol. The summed E-state index contributed by atoms with van der Waals surface area (Å²) in [6.45, 7) is 3.38. The first-order chi connectivity index (χ1) is 7.11. The van der Waals surface area contributed by atoms with Crippen molar-refractivity contribution < 1.29 is 4.74 Å². The van der Waals surface area contributed by atoms with Crippen LogP contribution >= 0.6 is 0 Å². The highest BCUT2D eigenvalue weighted by Crippen LogP contribution is 2.20. The zero-order chi connectivity index (χ0) is 11.3. The molecule has 1 aliphatic rings. The van der Waals surface area contributed by atoms with E-state index in [4.69, 9.17) is 4.74 Å². The van der Waals surface area contributed by atoms with Crippen LogP contribution in [0.4, 0.5) is 0 Å². The fourth-order valence-electron chi connectivity index (χ4n) is 2.47. The maximum Gasteiger partial charge on any atom is 0.0572 e. The largest absolute Gasteiger partial charge is 0.381 e. The zero-order valence-corrected chi connectivity index (χ0v) is 10.6. The molecule has 0 spiro atoms. The molecule has 3 heteroatoms. The van der Waals surface area contributed by atoms with Gasteiger partial charge in [0.15, 0.2) is 0 Å². The summed E-state index contributed by atoms with van der Waals surface area (Å²) in [5.74, 6) is 0. The number of ether oxygens (including phenoxy) is 1. The van der Waals surface area contributed by atoms with E-state index in [2.05, 4.69) is 31.2 Å². The molecule has 0 aromatic carbocycles. The summed E-state index contributed by atoms with van der Waals surface area (Å²) < 4.78 is 5.37. The monoisotopic (exact) mass is 214 g/mol. The van der Waals surface area contributed by atoms with E-state index in [0.717, 1.165) is 6.54 Å². The van der Waals surface area contributed by atoms with E-state index in [-0.39, 0.29) is 0 Å². The Kier molecular flexibility index (Phi) is 5.58. The van der Waals surface area contributed by atoms with Crippen molar-refractivity contribution in [1.29, 1.82) is 0 Å². The first kappa shape index (κ1) is 12.9. The summed E-state index contributed by atoms with van der Waals surface area (Å²) in [4.78, 5) is 2.23. The Morgan fingerprint density at radius 3 is 2.33 bits per heavy atom. The van der Waals surface area contributed by atoms with Crippen molar-refractivity contribution in [3.8, 4) is 0 Å². The molecule has 0 radical (unpaired) electrons. The normalized spacial score (nSPS) is 29.4. The maximum absolute atomic E-state index is 5.37. The third-order valence-corrected chi connectivity index (χ3v) is 3.17. The standard InChI is InChI=1S/C12H26N2O/c1-10(9-14(2)3)13-11-5-7-12(15-4)8-6-11/h10-13H,5-9H2,1-4H3. The molecule has 1 fully saturated rings. The quantitative estimate of drug-likeness (QED) is 0.750. The Labute approximate surface area is 94.2 Å². The van der Waals surface area contributed by atoms with Gasteiger partial charge in [-0.3, -0.25) is 0 Å². The SMILES string of the molecule is COC1CCC(NC(C)CN(C)C)CC1. The third kappa shape index (κ3) is 4.96. The molecule has 1 saturated carbocycles. The molecule has 1 rings (SSSR count). The number of methoxy groups -OCH3 is 1. The molecule has 0 aliphatic heterocycles. The molecule has 0 aromatic heterocycles. The van der Waals surface area contributed by atoms with Gasteiger partial charge in [0.2, 0.25) is 0 Å². The van der Waals surface area contributed by atoms with Gasteiger partial charge in [0.05, 0.1) is 6.10 Å². The fourth-order valence-corrected chi connectivity index (χ4v) is 2.47. The van der Waals surface area contributed by atoms with Gasteiger partial charge in [-0.25, -0.2) is 0 Å². The molecule has 0 bridgehead atoms. The van der Waals surface area contributed by atoms with E-state index in [1.54, 1.807) is 0 Å². The molecule has 1 N–H and O–H groups in total. The maximum atomic E-state index is 5.37. The second-order valence-corrected chi connectivity index (χ2v) is 5.04. The van der Waals surface area contributed by atoms with Gasteiger partial charge in [-0.1, -0.05) is 0 Å². The van der Waals surface area contributed by atoms with Gasteiger partial charge in [0.25, 0.3) is 0 Å². The van der Waals surface area contributed by atoms with Gasteiger partial charge in [-0.15, -0.1) is 0 Å². The van der Waals surface area contributed by atoms with Gasteiger partial charge in [-0.05, 0) is 46.7 Å². The highest BCUT2D eigenvalue weighted by atomic mass is 16.5. The topological polar surface area (TPSA) is 24.5 Å². The molecule has 1 atom stereocenters. The Bertz CT molecular complexity index is 165. The average Bonchev–Trinajstić information content (AvgIpc) is 2.17. The summed E-state index contributed by atoms with van der Waals surface area (Å²) >= 11 is 0. The summed E-state index contributed by atoms with van der Waals surface area (Å²) in [5, 5.41) is 3.70. The van der Waals surface area contributed by atoms with Crippen LogP contribution in [0, 0.1) is 0 Å². The number of nitrogens with zero attached hydrogens (tertiary/aromatic N) is 1. The Balaban J connectivity index is 2.17. The van der Waals surface area contributed by atoms with Crippen LogP contribution < -0.4 is 5.32 Å². The Morgan fingerprint density at radius 2 is 1.87 bits per heavy atom. The van der Waals surface area contributed by atoms with Crippen LogP contribution in [0.2, 0.25) is 0 Å². The van der Waals surface area contributed by atoms with Gasteiger partial charge in [0.1, 0.15) is 0 Å². The van der Waals surface area contributed by atoms with Crippen molar-refractivity contribution in [1.82, 2.24) is 10.2 Å². The van der Waals surface area contributed by atoms with E-state index in [1.807, 2.05) is 7.11 Å². The Hall–Kier alpha value is -0.120. The molecule has 15 heavy (non-hydrogen) atoms. The van der Waals surface area contributed by atoms with Gasteiger partial charge >= 0.3 is 0 Å². The van der Waals surface area contributed by atoms with E-state index >= 15 is 0 Å². The lowest BCUT2D eigenvalue weighted by Crippen LogP contribution is -2.44. The molecule has 1 unspecified atom stereocenters. The number of rotatable bonds is 5. The third-order valence-electron chi connectivity index (χ3n) is 3.17. The van der Waals surface area contributed by atoms with Gasteiger partial charge in [0, 0.05) is 25.7 Å². The van der Waals surface area contributed by atoms with Crippen LogP contribution in [-0.2, 0) is 4.74 Å². The molecular formula is C12H26N2O. The summed E-state index contributed by atoms with van der Waals surface area (Å²) in [7, 11) is 6.08. The second-order valence-electron chi connectivity index (χ2n) is 5.04. The van der Waals surface area contributed by atoms with Gasteiger partial charge < -0.3 is 15.0 Å². The summed E-state index contributed by atoms with van der Waals surface area (Å²) in [6, 6.07) is 1.29. The zero-order valence-electron chi connectivity index (χ0n) is 10.6. The van der Waals surface area contributed by atoms with Crippen LogP contribution in [-0.4, -0.2) is 50.8 Å². The first-order valence-corrected chi connectivity index (χ1v) is 6.05. The summed E-state index contributed by atoms with van der Waals surface area (Å²) in [6.07, 6.45) is 5.45. The highest BCUT2D eigenvalue weighted by molar-refractivity contribution is 4.80. The molecule has 0 saturated heterocycles. The predicted octanol–water partition coefficient (Wildman–Crippen LogP) is 1.48. The molecule has 90 valence electrons. The lowest BCUT2D eigenvalue weighted by molar-refractivity contribution is 0.0609. The second kappa shape index (κ2) is 6.46. The van der Waals surface area contributed by atoms with Crippen molar-refractivity contribution in [2.45, 2.75) is 50.8 Å². The van der Waals surface area contributed by atoms with Crippen LogP contribution in [0.5, 0.6) is 0 Å². The van der Waals surface area contributed by atoms with E-state index in [1.165, 1.54) is 25.7 Å². The summed E-state index contributed by atoms with van der Waals surface area (Å²) in [5.41, 5.74) is 0. The molecule has 1 aliphatic carbocycles. The van der Waals surface area contributed by atoms with Crippen LogP contribution in [0.1, 0.15) is 32.6 Å². The fraction of sp³-hybridized carbons (Fsp3) is 1.00. The van der Waals surface area contributed by atoms with Crippen molar-refractivity contribution in [3.05, 3.63) is 0 Å². The molecule has 0 amide bonds. The first-order valence-electron chi connectivity index (χ1n) is 6.05. The van der Waals surface area contributed by atoms with E-state index < -0.39 is 0 Å². The number of hydrogen-bond acceptors (Lipinski definition) is 3. The van der Waals surface area contributed by atoms with Crippen LogP contribution in [0.3, 0.4) is 0 Å². The van der Waals surface area contributed by atoms with E-state index in [0.29, 0.717) is 18.2 Å². The number of likely N-dealkylation sites (N-methyl/N-ethyl adjacent to an activating group) is 1. The molecule has 3 nitrogen and oxygen atoms in total. The number of nitrogens with one attached hydrogen (secondary N) is 1. The Morgan fingerprint density at radius 1 is 1.27 bits per heavy atom. The minimum absolute atomic E-state index is 0.507. The number of hydrogen-bond donors (Lipinski definition) is 1. The molecule has 0 heterocycles. The predicted molar refractivity (Wildman–Crippen MR) is 64.2 cm³/mol.